The fourth-order valence-corrected chi connectivity index (χ4v) is 3.24. The zero-order valence-corrected chi connectivity index (χ0v) is 14.5. The first kappa shape index (κ1) is 17.1. The number of aliphatic hydroxyl groups excluding tert-OH is 1. The van der Waals surface area contributed by atoms with Crippen molar-refractivity contribution in [3.05, 3.63) is 59.6 Å². The van der Waals surface area contributed by atoms with Gasteiger partial charge in [-0.2, -0.15) is 0 Å². The molecule has 1 heterocycles. The molecule has 0 bridgehead atoms. The Hall–Kier alpha value is -1.75. The van der Waals surface area contributed by atoms with Gasteiger partial charge in [0.25, 0.3) is 0 Å². The van der Waals surface area contributed by atoms with Gasteiger partial charge in [-0.1, -0.05) is 35.9 Å². The molecule has 2 aromatic rings. The summed E-state index contributed by atoms with van der Waals surface area (Å²) in [5.74, 6) is 0.803. The van der Waals surface area contributed by atoms with Crippen LogP contribution >= 0.6 is 11.6 Å². The van der Waals surface area contributed by atoms with Crippen molar-refractivity contribution < 1.29 is 14.7 Å². The highest BCUT2D eigenvalue weighted by molar-refractivity contribution is 6.30. The van der Waals surface area contributed by atoms with Gasteiger partial charge in [0.05, 0.1) is 26.2 Å². The number of piperazine rings is 1. The molecule has 1 atom stereocenters. The molecular formula is C19H24ClN2O2+. The summed E-state index contributed by atoms with van der Waals surface area (Å²) < 4.78 is 5.62. The predicted octanol–water partition coefficient (Wildman–Crippen LogP) is 1.48. The number of para-hydroxylation sites is 1. The average molecular weight is 348 g/mol. The Morgan fingerprint density at radius 2 is 1.83 bits per heavy atom. The van der Waals surface area contributed by atoms with E-state index in [-0.39, 0.29) is 0 Å². The lowest BCUT2D eigenvalue weighted by Crippen LogP contribution is -3.16. The van der Waals surface area contributed by atoms with Crippen LogP contribution in [-0.4, -0.2) is 50.5 Å². The fraction of sp³-hybridized carbons (Fsp3) is 0.368. The predicted molar refractivity (Wildman–Crippen MR) is 97.2 cm³/mol. The van der Waals surface area contributed by atoms with E-state index in [9.17, 15) is 5.11 Å². The lowest BCUT2D eigenvalue weighted by Gasteiger charge is -2.34. The maximum Gasteiger partial charge on any atom is 0.137 e. The number of benzene rings is 2. The van der Waals surface area contributed by atoms with Crippen LogP contribution in [0.3, 0.4) is 0 Å². The van der Waals surface area contributed by atoms with Crippen LogP contribution in [-0.2, 0) is 0 Å². The zero-order valence-electron chi connectivity index (χ0n) is 13.7. The van der Waals surface area contributed by atoms with Crippen molar-refractivity contribution in [1.29, 1.82) is 0 Å². The van der Waals surface area contributed by atoms with Crippen molar-refractivity contribution >= 4 is 17.3 Å². The standard InChI is InChI=1S/C19H23ClN2O2/c20-16-5-4-6-17(13-16)22-11-9-21(10-12-22)14-18(23)15-24-19-7-2-1-3-8-19/h1-8,13,18,23H,9-12,14-15H2/p+1/t18-/m0/s1. The van der Waals surface area contributed by atoms with Crippen LogP contribution in [0.5, 0.6) is 5.75 Å². The molecular weight excluding hydrogens is 324 g/mol. The molecule has 4 nitrogen and oxygen atoms in total. The lowest BCUT2D eigenvalue weighted by molar-refractivity contribution is -0.903. The molecule has 0 radical (unpaired) electrons. The summed E-state index contributed by atoms with van der Waals surface area (Å²) in [5.41, 5.74) is 1.18. The van der Waals surface area contributed by atoms with Crippen molar-refractivity contribution in [1.82, 2.24) is 0 Å². The molecule has 3 rings (SSSR count). The molecule has 1 aliphatic rings. The Labute approximate surface area is 148 Å². The minimum atomic E-state index is -0.446. The number of ether oxygens (including phenoxy) is 1. The van der Waals surface area contributed by atoms with E-state index in [0.29, 0.717) is 6.61 Å². The molecule has 0 aromatic heterocycles. The molecule has 1 saturated heterocycles. The Bertz CT molecular complexity index is 630. The molecule has 0 aliphatic carbocycles. The van der Waals surface area contributed by atoms with Crippen LogP contribution in [0, 0.1) is 0 Å². The minimum Gasteiger partial charge on any atom is -0.491 e. The van der Waals surface area contributed by atoms with Gasteiger partial charge in [0.1, 0.15) is 25.0 Å². The van der Waals surface area contributed by atoms with Gasteiger partial charge in [-0.25, -0.2) is 0 Å². The molecule has 1 aliphatic heterocycles. The quantitative estimate of drug-likeness (QED) is 0.831. The summed E-state index contributed by atoms with van der Waals surface area (Å²) in [5, 5.41) is 11.0. The maximum absolute atomic E-state index is 10.2. The van der Waals surface area contributed by atoms with Crippen LogP contribution in [0.4, 0.5) is 5.69 Å². The molecule has 0 amide bonds. The molecule has 5 heteroatoms. The van der Waals surface area contributed by atoms with Gasteiger partial charge in [-0.05, 0) is 30.3 Å². The highest BCUT2D eigenvalue weighted by Crippen LogP contribution is 2.19. The molecule has 24 heavy (non-hydrogen) atoms. The molecule has 0 spiro atoms. The summed E-state index contributed by atoms with van der Waals surface area (Å²) in [6, 6.07) is 17.6. The largest absolute Gasteiger partial charge is 0.491 e. The summed E-state index contributed by atoms with van der Waals surface area (Å²) in [6.07, 6.45) is -0.446. The van der Waals surface area contributed by atoms with E-state index in [1.54, 1.807) is 0 Å². The number of rotatable bonds is 6. The molecule has 0 unspecified atom stereocenters. The topological polar surface area (TPSA) is 37.1 Å². The number of hydrogen-bond acceptors (Lipinski definition) is 3. The SMILES string of the molecule is O[C@H](COc1ccccc1)C[NH+]1CCN(c2cccc(Cl)c2)CC1. The van der Waals surface area contributed by atoms with Crippen molar-refractivity contribution in [3.63, 3.8) is 0 Å². The minimum absolute atomic E-state index is 0.339. The van der Waals surface area contributed by atoms with Crippen molar-refractivity contribution in [2.24, 2.45) is 0 Å². The van der Waals surface area contributed by atoms with Crippen molar-refractivity contribution in [2.45, 2.75) is 6.10 Å². The number of halogens is 1. The number of anilines is 1. The first-order valence-corrected chi connectivity index (χ1v) is 8.78. The van der Waals surface area contributed by atoms with Crippen LogP contribution in [0.2, 0.25) is 5.02 Å². The van der Waals surface area contributed by atoms with Crippen LogP contribution in [0.25, 0.3) is 0 Å². The number of nitrogens with zero attached hydrogens (tertiary/aromatic N) is 1. The van der Waals surface area contributed by atoms with Crippen LogP contribution < -0.4 is 14.5 Å². The van der Waals surface area contributed by atoms with Crippen LogP contribution in [0.15, 0.2) is 54.6 Å². The van der Waals surface area contributed by atoms with Gasteiger partial charge in [0, 0.05) is 10.7 Å². The second-order valence-electron chi connectivity index (χ2n) is 6.20. The molecule has 2 aromatic carbocycles. The van der Waals surface area contributed by atoms with E-state index in [4.69, 9.17) is 16.3 Å². The normalized spacial score (nSPS) is 16.8. The van der Waals surface area contributed by atoms with Gasteiger partial charge in [0.15, 0.2) is 0 Å². The average Bonchev–Trinajstić information content (AvgIpc) is 2.61. The van der Waals surface area contributed by atoms with Gasteiger partial charge >= 0.3 is 0 Å². The first-order chi connectivity index (χ1) is 11.7. The highest BCUT2D eigenvalue weighted by Gasteiger charge is 2.22. The van der Waals surface area contributed by atoms with E-state index in [2.05, 4.69) is 11.0 Å². The first-order valence-electron chi connectivity index (χ1n) is 8.41. The third-order valence-corrected chi connectivity index (χ3v) is 4.59. The van der Waals surface area contributed by atoms with Crippen LogP contribution in [0.1, 0.15) is 0 Å². The zero-order chi connectivity index (χ0) is 16.8. The van der Waals surface area contributed by atoms with E-state index in [1.807, 2.05) is 48.5 Å². The molecule has 1 fully saturated rings. The van der Waals surface area contributed by atoms with E-state index >= 15 is 0 Å². The van der Waals surface area contributed by atoms with Gasteiger partial charge < -0.3 is 19.6 Å². The van der Waals surface area contributed by atoms with E-state index in [1.165, 1.54) is 10.6 Å². The Balaban J connectivity index is 1.42. The number of nitrogens with one attached hydrogen (secondary N) is 1. The monoisotopic (exact) mass is 347 g/mol. The number of quaternary nitrogens is 1. The summed E-state index contributed by atoms with van der Waals surface area (Å²) in [6.45, 7) is 5.02. The molecule has 2 N–H and O–H groups in total. The fourth-order valence-electron chi connectivity index (χ4n) is 3.06. The highest BCUT2D eigenvalue weighted by atomic mass is 35.5. The van der Waals surface area contributed by atoms with Gasteiger partial charge in [0.2, 0.25) is 0 Å². The smallest absolute Gasteiger partial charge is 0.137 e. The third-order valence-electron chi connectivity index (χ3n) is 4.35. The second-order valence-corrected chi connectivity index (χ2v) is 6.64. The summed E-state index contributed by atoms with van der Waals surface area (Å²) >= 11 is 6.07. The summed E-state index contributed by atoms with van der Waals surface area (Å²) in [4.78, 5) is 3.76. The van der Waals surface area contributed by atoms with Crippen molar-refractivity contribution in [2.75, 3.05) is 44.2 Å². The van der Waals surface area contributed by atoms with E-state index < -0.39 is 6.10 Å². The molecule has 128 valence electrons. The Morgan fingerprint density at radius 1 is 1.08 bits per heavy atom. The lowest BCUT2D eigenvalue weighted by atomic mass is 10.2. The Kier molecular flexibility index (Phi) is 5.96. The second kappa shape index (κ2) is 8.38. The third kappa shape index (κ3) is 4.87. The van der Waals surface area contributed by atoms with E-state index in [0.717, 1.165) is 43.5 Å². The number of aliphatic hydroxyl groups is 1. The van der Waals surface area contributed by atoms with Gasteiger partial charge in [-0.15, -0.1) is 0 Å². The van der Waals surface area contributed by atoms with Gasteiger partial charge in [-0.3, -0.25) is 0 Å². The summed E-state index contributed by atoms with van der Waals surface area (Å²) in [7, 11) is 0. The maximum atomic E-state index is 10.2. The van der Waals surface area contributed by atoms with Crippen molar-refractivity contribution in [3.8, 4) is 5.75 Å². The number of hydrogen-bond donors (Lipinski definition) is 2. The Morgan fingerprint density at radius 3 is 2.54 bits per heavy atom. The molecule has 0 saturated carbocycles.